The molecule has 3 aliphatic rings. The highest BCUT2D eigenvalue weighted by Crippen LogP contribution is 2.61. The summed E-state index contributed by atoms with van der Waals surface area (Å²) < 4.78 is 5.09. The van der Waals surface area contributed by atoms with E-state index in [1.807, 2.05) is 18.2 Å². The number of carbonyl (C=O) groups excluding carboxylic acids is 5. The van der Waals surface area contributed by atoms with Gasteiger partial charge in [-0.05, 0) is 78.6 Å². The molecule has 0 radical (unpaired) electrons. The zero-order chi connectivity index (χ0) is 28.7. The first-order valence-electron chi connectivity index (χ1n) is 13.4. The van der Waals surface area contributed by atoms with Gasteiger partial charge in [-0.15, -0.1) is 0 Å². The van der Waals surface area contributed by atoms with Crippen LogP contribution < -0.4 is 15.8 Å². The van der Waals surface area contributed by atoms with Crippen LogP contribution in [0.15, 0.2) is 78.9 Å². The zero-order valence-electron chi connectivity index (χ0n) is 21.8. The molecule has 41 heavy (non-hydrogen) atoms. The normalized spacial score (nSPS) is 24.2. The SMILES string of the molecule is O=C(COC(=O)c1cccc(N2C(=O)[C@@H]3[C@@H]4C[C@@H]([C@@H]3C2=O)[C@@H](c2ccccc2)C4)c1)NNC(=O)c1ccc(Cl)cc1. The number of rotatable bonds is 6. The first-order chi connectivity index (χ1) is 19.8. The van der Waals surface area contributed by atoms with Crippen LogP contribution in [0.25, 0.3) is 0 Å². The number of halogens is 1. The lowest BCUT2D eigenvalue weighted by Crippen LogP contribution is -2.43. The zero-order valence-corrected chi connectivity index (χ0v) is 22.5. The minimum atomic E-state index is -0.811. The van der Waals surface area contributed by atoms with E-state index in [9.17, 15) is 24.0 Å². The number of ether oxygens (including phenoxy) is 1. The quantitative estimate of drug-likeness (QED) is 0.263. The Morgan fingerprint density at radius 1 is 0.829 bits per heavy atom. The third-order valence-corrected chi connectivity index (χ3v) is 8.59. The van der Waals surface area contributed by atoms with Gasteiger partial charge in [-0.1, -0.05) is 48.0 Å². The molecular formula is C31H26ClN3O6. The Hall–Kier alpha value is -4.50. The average molecular weight is 572 g/mol. The molecule has 2 aliphatic carbocycles. The number of benzene rings is 3. The van der Waals surface area contributed by atoms with Gasteiger partial charge >= 0.3 is 5.97 Å². The van der Waals surface area contributed by atoms with Crippen molar-refractivity contribution in [3.05, 3.63) is 101 Å². The molecule has 2 saturated carbocycles. The highest BCUT2D eigenvalue weighted by molar-refractivity contribution is 6.30. The topological polar surface area (TPSA) is 122 Å². The van der Waals surface area contributed by atoms with Gasteiger partial charge in [-0.3, -0.25) is 34.9 Å². The molecule has 1 saturated heterocycles. The lowest BCUT2D eigenvalue weighted by molar-refractivity contribution is -0.125. The number of amides is 4. The second-order valence-corrected chi connectivity index (χ2v) is 11.0. The molecule has 1 heterocycles. The van der Waals surface area contributed by atoms with Crippen molar-refractivity contribution in [2.45, 2.75) is 18.8 Å². The molecule has 0 aromatic heterocycles. The molecule has 10 heteroatoms. The number of nitrogens with one attached hydrogen (secondary N) is 2. The molecule has 9 nitrogen and oxygen atoms in total. The van der Waals surface area contributed by atoms with Gasteiger partial charge in [-0.25, -0.2) is 4.79 Å². The average Bonchev–Trinajstić information content (AvgIpc) is 3.66. The summed E-state index contributed by atoms with van der Waals surface area (Å²) in [6, 6.07) is 22.3. The van der Waals surface area contributed by atoms with Crippen LogP contribution in [-0.4, -0.2) is 36.2 Å². The molecule has 6 rings (SSSR count). The number of hydrogen-bond acceptors (Lipinski definition) is 6. The molecule has 1 aliphatic heterocycles. The van der Waals surface area contributed by atoms with Gasteiger partial charge < -0.3 is 4.74 Å². The monoisotopic (exact) mass is 571 g/mol. The third-order valence-electron chi connectivity index (χ3n) is 8.34. The molecule has 0 unspecified atom stereocenters. The smallest absolute Gasteiger partial charge is 0.338 e. The van der Waals surface area contributed by atoms with Gasteiger partial charge in [0.2, 0.25) is 11.8 Å². The second kappa shape index (κ2) is 10.8. The maximum absolute atomic E-state index is 13.6. The number of imide groups is 1. The van der Waals surface area contributed by atoms with Crippen LogP contribution in [0.2, 0.25) is 5.02 Å². The lowest BCUT2D eigenvalue weighted by atomic mass is 9.73. The number of hydrogen-bond donors (Lipinski definition) is 2. The standard InChI is InChI=1S/C31H26ClN3O6/c32-21-11-9-18(10-12-21)28(37)34-33-25(36)16-41-31(40)19-7-4-8-22(13-19)35-29(38)26-20-14-23(17-5-2-1-3-6-17)24(15-20)27(26)30(35)39/h1-13,20,23-24,26-27H,14-16H2,(H,33,36)(H,34,37)/t20-,23+,24+,26+,27-/m0/s1. The number of carbonyl (C=O) groups is 5. The van der Waals surface area contributed by atoms with Crippen LogP contribution in [0, 0.1) is 23.7 Å². The van der Waals surface area contributed by atoms with E-state index in [1.165, 1.54) is 46.9 Å². The summed E-state index contributed by atoms with van der Waals surface area (Å²) >= 11 is 5.80. The summed E-state index contributed by atoms with van der Waals surface area (Å²) in [7, 11) is 0. The Kier molecular flexibility index (Phi) is 7.05. The van der Waals surface area contributed by atoms with Crippen molar-refractivity contribution in [1.29, 1.82) is 0 Å². The number of esters is 1. The number of hydrazine groups is 1. The van der Waals surface area contributed by atoms with Crippen LogP contribution >= 0.6 is 11.6 Å². The second-order valence-electron chi connectivity index (χ2n) is 10.6. The van der Waals surface area contributed by atoms with Gasteiger partial charge in [0.1, 0.15) is 0 Å². The molecule has 0 spiro atoms. The first kappa shape index (κ1) is 26.7. The molecule has 2 N–H and O–H groups in total. The van der Waals surface area contributed by atoms with Gasteiger partial charge in [0, 0.05) is 10.6 Å². The van der Waals surface area contributed by atoms with Crippen molar-refractivity contribution in [2.75, 3.05) is 11.5 Å². The highest BCUT2D eigenvalue weighted by Gasteiger charge is 2.64. The summed E-state index contributed by atoms with van der Waals surface area (Å²) in [5.74, 6) is -2.76. The summed E-state index contributed by atoms with van der Waals surface area (Å²) in [5.41, 5.74) is 6.28. The minimum absolute atomic E-state index is 0.0864. The largest absolute Gasteiger partial charge is 0.452 e. The van der Waals surface area contributed by atoms with Crippen molar-refractivity contribution >= 4 is 46.9 Å². The molecule has 3 aromatic rings. The van der Waals surface area contributed by atoms with E-state index in [1.54, 1.807) is 12.1 Å². The third kappa shape index (κ3) is 4.97. The fourth-order valence-electron chi connectivity index (χ4n) is 6.62. The molecule has 208 valence electrons. The fraction of sp³-hybridized carbons (Fsp3) is 0.258. The Labute approximate surface area is 240 Å². The van der Waals surface area contributed by atoms with Crippen LogP contribution in [0.4, 0.5) is 5.69 Å². The van der Waals surface area contributed by atoms with E-state index < -0.39 is 24.4 Å². The summed E-state index contributed by atoms with van der Waals surface area (Å²) in [5, 5.41) is 0.465. The van der Waals surface area contributed by atoms with Gasteiger partial charge in [0.05, 0.1) is 23.1 Å². The van der Waals surface area contributed by atoms with E-state index in [0.717, 1.165) is 12.8 Å². The Morgan fingerprint density at radius 2 is 1.56 bits per heavy atom. The molecule has 4 amide bonds. The van der Waals surface area contributed by atoms with Crippen molar-refractivity contribution in [3.8, 4) is 0 Å². The lowest BCUT2D eigenvalue weighted by Gasteiger charge is -2.28. The van der Waals surface area contributed by atoms with Crippen LogP contribution in [-0.2, 0) is 19.1 Å². The maximum atomic E-state index is 13.6. The van der Waals surface area contributed by atoms with Crippen LogP contribution in [0.1, 0.15) is 45.0 Å². The van der Waals surface area contributed by atoms with E-state index in [4.69, 9.17) is 16.3 Å². The van der Waals surface area contributed by atoms with Crippen LogP contribution in [0.5, 0.6) is 0 Å². The minimum Gasteiger partial charge on any atom is -0.452 e. The molecule has 3 aromatic carbocycles. The summed E-state index contributed by atoms with van der Waals surface area (Å²) in [6.45, 7) is -0.653. The molecule has 5 atom stereocenters. The van der Waals surface area contributed by atoms with Crippen molar-refractivity contribution in [1.82, 2.24) is 10.9 Å². The number of fused-ring (bicyclic) bond motifs is 5. The van der Waals surface area contributed by atoms with E-state index in [0.29, 0.717) is 10.7 Å². The predicted molar refractivity (Wildman–Crippen MR) is 149 cm³/mol. The van der Waals surface area contributed by atoms with Crippen molar-refractivity contribution in [3.63, 3.8) is 0 Å². The molecule has 2 bridgehead atoms. The first-order valence-corrected chi connectivity index (χ1v) is 13.7. The summed E-state index contributed by atoms with van der Waals surface area (Å²) in [6.07, 6.45) is 1.76. The van der Waals surface area contributed by atoms with Crippen LogP contribution in [0.3, 0.4) is 0 Å². The van der Waals surface area contributed by atoms with E-state index in [2.05, 4.69) is 23.0 Å². The van der Waals surface area contributed by atoms with Gasteiger partial charge in [-0.2, -0.15) is 0 Å². The Balaban J connectivity index is 1.08. The molecular weight excluding hydrogens is 546 g/mol. The van der Waals surface area contributed by atoms with E-state index >= 15 is 0 Å². The fourth-order valence-corrected chi connectivity index (χ4v) is 6.75. The van der Waals surface area contributed by atoms with Gasteiger partial charge in [0.15, 0.2) is 6.61 Å². The predicted octanol–water partition coefficient (Wildman–Crippen LogP) is 3.89. The Morgan fingerprint density at radius 3 is 2.32 bits per heavy atom. The van der Waals surface area contributed by atoms with Crippen molar-refractivity contribution < 1.29 is 28.7 Å². The Bertz CT molecular complexity index is 1540. The number of nitrogens with zero attached hydrogens (tertiary/aromatic N) is 1. The van der Waals surface area contributed by atoms with E-state index in [-0.39, 0.29) is 52.5 Å². The molecule has 3 fully saturated rings. The maximum Gasteiger partial charge on any atom is 0.338 e. The summed E-state index contributed by atoms with van der Waals surface area (Å²) in [4.78, 5) is 65.2. The number of anilines is 1. The van der Waals surface area contributed by atoms with Gasteiger partial charge in [0.25, 0.3) is 11.8 Å². The van der Waals surface area contributed by atoms with Crippen molar-refractivity contribution in [2.24, 2.45) is 23.7 Å². The highest BCUT2D eigenvalue weighted by atomic mass is 35.5.